The Labute approximate surface area is 87.1 Å². The number of amides is 1. The van der Waals surface area contributed by atoms with E-state index in [1.807, 2.05) is 41.1 Å². The molecular weight excluding hydrogens is 192 g/mol. The molecule has 2 rings (SSSR count). The molecule has 0 atom stereocenters. The molecule has 0 bridgehead atoms. The van der Waals surface area contributed by atoms with Crippen LogP contribution < -0.4 is 5.48 Å². The van der Waals surface area contributed by atoms with Crippen molar-refractivity contribution in [2.45, 2.75) is 13.0 Å². The molecule has 1 amide bonds. The number of nitrogens with one attached hydrogen (secondary N) is 1. The number of hydroxylamine groups is 1. The molecule has 2 N–H and O–H groups in total. The molecule has 4 heteroatoms. The lowest BCUT2D eigenvalue weighted by Gasteiger charge is -2.03. The van der Waals surface area contributed by atoms with Crippen molar-refractivity contribution in [3.63, 3.8) is 0 Å². The van der Waals surface area contributed by atoms with Crippen molar-refractivity contribution in [1.29, 1.82) is 0 Å². The van der Waals surface area contributed by atoms with E-state index in [9.17, 15) is 4.79 Å². The van der Waals surface area contributed by atoms with Crippen molar-refractivity contribution in [2.24, 2.45) is 0 Å². The lowest BCUT2D eigenvalue weighted by Crippen LogP contribution is -2.19. The van der Waals surface area contributed by atoms with Crippen LogP contribution >= 0.6 is 0 Å². The molecule has 0 fully saturated rings. The predicted octanol–water partition coefficient (Wildman–Crippen LogP) is 1.54. The highest BCUT2D eigenvalue weighted by molar-refractivity contribution is 5.80. The van der Waals surface area contributed by atoms with Gasteiger partial charge in [-0.25, -0.2) is 5.48 Å². The van der Waals surface area contributed by atoms with Gasteiger partial charge in [-0.3, -0.25) is 10.0 Å². The van der Waals surface area contributed by atoms with Crippen LogP contribution in [0, 0.1) is 0 Å². The van der Waals surface area contributed by atoms with Crippen LogP contribution in [0.5, 0.6) is 0 Å². The highest BCUT2D eigenvalue weighted by Gasteiger charge is 2.02. The fourth-order valence-corrected chi connectivity index (χ4v) is 1.61. The number of fused-ring (bicyclic) bond motifs is 1. The van der Waals surface area contributed by atoms with E-state index in [0.29, 0.717) is 6.54 Å². The minimum atomic E-state index is -0.368. The normalized spacial score (nSPS) is 10.5. The van der Waals surface area contributed by atoms with Crippen molar-refractivity contribution >= 4 is 16.8 Å². The summed E-state index contributed by atoms with van der Waals surface area (Å²) in [5.74, 6) is -0.368. The Morgan fingerprint density at radius 2 is 2.13 bits per heavy atom. The van der Waals surface area contributed by atoms with Gasteiger partial charge in [-0.1, -0.05) is 18.2 Å². The first kappa shape index (κ1) is 9.73. The number of benzene rings is 1. The fraction of sp³-hybridized carbons (Fsp3) is 0.182. The van der Waals surface area contributed by atoms with E-state index >= 15 is 0 Å². The molecule has 0 radical (unpaired) electrons. The molecule has 0 aliphatic carbocycles. The summed E-state index contributed by atoms with van der Waals surface area (Å²) in [5.41, 5.74) is 2.72. The van der Waals surface area contributed by atoms with Gasteiger partial charge in [0.25, 0.3) is 0 Å². The molecule has 1 aromatic heterocycles. The van der Waals surface area contributed by atoms with Crippen LogP contribution in [0.3, 0.4) is 0 Å². The number of aromatic nitrogens is 1. The molecule has 0 aliphatic rings. The number of aryl methyl sites for hydroxylation is 1. The quantitative estimate of drug-likeness (QED) is 0.588. The average Bonchev–Trinajstić information content (AvgIpc) is 2.69. The van der Waals surface area contributed by atoms with Gasteiger partial charge in [-0.15, -0.1) is 0 Å². The molecule has 1 aromatic carbocycles. The molecule has 0 unspecified atom stereocenters. The van der Waals surface area contributed by atoms with Crippen molar-refractivity contribution < 1.29 is 10.0 Å². The zero-order chi connectivity index (χ0) is 10.7. The maximum absolute atomic E-state index is 10.9. The molecule has 2 aromatic rings. The second-order valence-electron chi connectivity index (χ2n) is 3.35. The first-order chi connectivity index (χ1) is 7.31. The van der Waals surface area contributed by atoms with Gasteiger partial charge in [0.05, 0.1) is 0 Å². The van der Waals surface area contributed by atoms with E-state index in [-0.39, 0.29) is 12.3 Å². The van der Waals surface area contributed by atoms with Gasteiger partial charge in [-0.05, 0) is 17.5 Å². The fourth-order valence-electron chi connectivity index (χ4n) is 1.61. The monoisotopic (exact) mass is 204 g/mol. The maximum atomic E-state index is 10.9. The standard InChI is InChI=1S/C11H12N2O2/c14-11(12-15)6-8-13-7-5-9-3-1-2-4-10(9)13/h1-5,7,15H,6,8H2,(H,12,14). The topological polar surface area (TPSA) is 54.3 Å². The van der Waals surface area contributed by atoms with Gasteiger partial charge in [0.2, 0.25) is 5.91 Å². The zero-order valence-electron chi connectivity index (χ0n) is 8.18. The Kier molecular flexibility index (Phi) is 2.69. The van der Waals surface area contributed by atoms with Gasteiger partial charge < -0.3 is 4.57 Å². The van der Waals surface area contributed by atoms with E-state index in [4.69, 9.17) is 5.21 Å². The van der Waals surface area contributed by atoms with Crippen LogP contribution in [0.1, 0.15) is 6.42 Å². The Bertz CT molecular complexity index is 476. The number of carbonyl (C=O) groups excluding carboxylic acids is 1. The number of hydrogen-bond donors (Lipinski definition) is 2. The van der Waals surface area contributed by atoms with Crippen molar-refractivity contribution in [1.82, 2.24) is 10.0 Å². The average molecular weight is 204 g/mol. The number of para-hydroxylation sites is 1. The number of rotatable bonds is 3. The van der Waals surface area contributed by atoms with Gasteiger partial charge in [-0.2, -0.15) is 0 Å². The van der Waals surface area contributed by atoms with Crippen LogP contribution in [-0.4, -0.2) is 15.7 Å². The summed E-state index contributed by atoms with van der Waals surface area (Å²) in [6, 6.07) is 9.98. The molecule has 0 saturated heterocycles. The largest absolute Gasteiger partial charge is 0.347 e. The summed E-state index contributed by atoms with van der Waals surface area (Å²) in [6.07, 6.45) is 2.21. The minimum Gasteiger partial charge on any atom is -0.347 e. The van der Waals surface area contributed by atoms with E-state index < -0.39 is 0 Å². The van der Waals surface area contributed by atoms with Crippen LogP contribution in [0.4, 0.5) is 0 Å². The molecule has 0 spiro atoms. The van der Waals surface area contributed by atoms with Gasteiger partial charge in [0, 0.05) is 24.7 Å². The summed E-state index contributed by atoms with van der Waals surface area (Å²) in [6.45, 7) is 0.569. The molecule has 78 valence electrons. The van der Waals surface area contributed by atoms with Crippen molar-refractivity contribution in [3.05, 3.63) is 36.5 Å². The lowest BCUT2D eigenvalue weighted by atomic mass is 10.2. The Balaban J connectivity index is 2.18. The SMILES string of the molecule is O=C(CCn1ccc2ccccc21)NO. The second-order valence-corrected chi connectivity index (χ2v) is 3.35. The summed E-state index contributed by atoms with van der Waals surface area (Å²) in [5, 5.41) is 9.52. The van der Waals surface area contributed by atoms with Gasteiger partial charge >= 0.3 is 0 Å². The predicted molar refractivity (Wildman–Crippen MR) is 56.5 cm³/mol. The van der Waals surface area contributed by atoms with Crippen LogP contribution in [0.15, 0.2) is 36.5 Å². The Morgan fingerprint density at radius 3 is 2.93 bits per heavy atom. The molecule has 15 heavy (non-hydrogen) atoms. The third-order valence-electron chi connectivity index (χ3n) is 2.38. The minimum absolute atomic E-state index is 0.273. The smallest absolute Gasteiger partial charge is 0.245 e. The highest BCUT2D eigenvalue weighted by Crippen LogP contribution is 2.15. The Morgan fingerprint density at radius 1 is 1.33 bits per heavy atom. The first-order valence-electron chi connectivity index (χ1n) is 4.78. The highest BCUT2D eigenvalue weighted by atomic mass is 16.5. The van der Waals surface area contributed by atoms with Crippen LogP contribution in [-0.2, 0) is 11.3 Å². The summed E-state index contributed by atoms with van der Waals surface area (Å²) in [4.78, 5) is 10.9. The van der Waals surface area contributed by atoms with Crippen LogP contribution in [0.2, 0.25) is 0 Å². The van der Waals surface area contributed by atoms with Crippen molar-refractivity contribution in [3.8, 4) is 0 Å². The third-order valence-corrected chi connectivity index (χ3v) is 2.38. The van der Waals surface area contributed by atoms with Crippen LogP contribution in [0.25, 0.3) is 10.9 Å². The van der Waals surface area contributed by atoms with E-state index in [2.05, 4.69) is 0 Å². The lowest BCUT2D eigenvalue weighted by molar-refractivity contribution is -0.129. The zero-order valence-corrected chi connectivity index (χ0v) is 8.18. The summed E-state index contributed by atoms with van der Waals surface area (Å²) in [7, 11) is 0. The number of carbonyl (C=O) groups is 1. The van der Waals surface area contributed by atoms with E-state index in [1.54, 1.807) is 5.48 Å². The maximum Gasteiger partial charge on any atom is 0.245 e. The molecular formula is C11H12N2O2. The van der Waals surface area contributed by atoms with Gasteiger partial charge in [0.1, 0.15) is 0 Å². The second kappa shape index (κ2) is 4.14. The molecule has 0 aliphatic heterocycles. The summed E-state index contributed by atoms with van der Waals surface area (Å²) < 4.78 is 1.99. The van der Waals surface area contributed by atoms with Gasteiger partial charge in [0.15, 0.2) is 0 Å². The molecule has 1 heterocycles. The van der Waals surface area contributed by atoms with E-state index in [0.717, 1.165) is 10.9 Å². The third kappa shape index (κ3) is 1.99. The number of hydrogen-bond acceptors (Lipinski definition) is 2. The first-order valence-corrected chi connectivity index (χ1v) is 4.78. The molecule has 4 nitrogen and oxygen atoms in total. The van der Waals surface area contributed by atoms with Crippen molar-refractivity contribution in [2.75, 3.05) is 0 Å². The number of nitrogens with zero attached hydrogens (tertiary/aromatic N) is 1. The molecule has 0 saturated carbocycles. The summed E-state index contributed by atoms with van der Waals surface area (Å²) >= 11 is 0. The van der Waals surface area contributed by atoms with E-state index in [1.165, 1.54) is 0 Å². The Hall–Kier alpha value is -1.81.